The van der Waals surface area contributed by atoms with Crippen molar-refractivity contribution in [1.82, 2.24) is 20.9 Å². The molecule has 2 saturated carbocycles. The zero-order chi connectivity index (χ0) is 28.6. The van der Waals surface area contributed by atoms with Crippen LogP contribution in [0.2, 0.25) is 0 Å². The summed E-state index contributed by atoms with van der Waals surface area (Å²) in [4.78, 5) is 50.4. The number of hydrogen-bond acceptors (Lipinski definition) is 5. The van der Waals surface area contributed by atoms with Crippen LogP contribution in [0.3, 0.4) is 0 Å². The van der Waals surface area contributed by atoms with Gasteiger partial charge in [0.25, 0.3) is 0 Å². The van der Waals surface area contributed by atoms with Gasteiger partial charge in [-0.25, -0.2) is 14.5 Å². The average molecular weight is 537 g/mol. The molecule has 9 heteroatoms. The number of unbranched alkanes of at least 4 members (excludes halogenated alkanes) is 2. The number of urea groups is 1. The first kappa shape index (κ1) is 31.9. The molecule has 0 heterocycles. The summed E-state index contributed by atoms with van der Waals surface area (Å²) in [6.45, 7) is 15.9. The number of nitrogens with zero attached hydrogens (tertiary/aromatic N) is 1. The molecule has 0 radical (unpaired) electrons. The van der Waals surface area contributed by atoms with Crippen LogP contribution in [0.25, 0.3) is 0 Å². The Bertz CT molecular complexity index is 832. The van der Waals surface area contributed by atoms with Crippen LogP contribution in [0, 0.1) is 21.7 Å². The summed E-state index contributed by atoms with van der Waals surface area (Å²) in [6.07, 6.45) is 8.44. The lowest BCUT2D eigenvalue weighted by atomic mass is 9.62. The Morgan fingerprint density at radius 1 is 0.842 bits per heavy atom. The molecule has 0 aromatic carbocycles. The van der Waals surface area contributed by atoms with Crippen LogP contribution in [-0.4, -0.2) is 61.6 Å². The van der Waals surface area contributed by atoms with E-state index in [0.29, 0.717) is 13.0 Å². The maximum atomic E-state index is 13.6. The highest BCUT2D eigenvalue weighted by molar-refractivity contribution is 5.91. The lowest BCUT2D eigenvalue weighted by Crippen LogP contribution is -2.55. The van der Waals surface area contributed by atoms with Gasteiger partial charge in [-0.2, -0.15) is 0 Å². The summed E-state index contributed by atoms with van der Waals surface area (Å²) >= 11 is 0. The molecule has 0 aromatic heterocycles. The van der Waals surface area contributed by atoms with Crippen molar-refractivity contribution in [2.45, 2.75) is 118 Å². The van der Waals surface area contributed by atoms with Gasteiger partial charge in [0, 0.05) is 25.2 Å². The minimum absolute atomic E-state index is 0.0120. The Morgan fingerprint density at radius 2 is 1.37 bits per heavy atom. The van der Waals surface area contributed by atoms with Crippen molar-refractivity contribution in [1.29, 1.82) is 0 Å². The molecule has 38 heavy (non-hydrogen) atoms. The third kappa shape index (κ3) is 9.77. The van der Waals surface area contributed by atoms with Gasteiger partial charge < -0.3 is 20.7 Å². The summed E-state index contributed by atoms with van der Waals surface area (Å²) in [5.41, 5.74) is -0.650. The van der Waals surface area contributed by atoms with E-state index in [1.54, 1.807) is 0 Å². The van der Waals surface area contributed by atoms with Gasteiger partial charge in [0.1, 0.15) is 0 Å². The molecule has 0 spiro atoms. The van der Waals surface area contributed by atoms with Crippen molar-refractivity contribution in [3.05, 3.63) is 0 Å². The van der Waals surface area contributed by atoms with Crippen LogP contribution in [0.15, 0.2) is 0 Å². The molecule has 2 rings (SSSR count). The summed E-state index contributed by atoms with van der Waals surface area (Å²) in [5, 5.41) is 8.89. The Balaban J connectivity index is 2.19. The summed E-state index contributed by atoms with van der Waals surface area (Å²) in [7, 11) is 0. The van der Waals surface area contributed by atoms with Crippen LogP contribution >= 0.6 is 0 Å². The molecule has 0 bridgehead atoms. The van der Waals surface area contributed by atoms with Gasteiger partial charge in [-0.05, 0) is 66.6 Å². The lowest BCUT2D eigenvalue weighted by molar-refractivity contribution is -0.111. The molecule has 0 aliphatic heterocycles. The molecule has 2 fully saturated rings. The van der Waals surface area contributed by atoms with E-state index in [4.69, 9.17) is 4.74 Å². The molecule has 4 unspecified atom stereocenters. The molecule has 2 aliphatic rings. The molecule has 218 valence electrons. The van der Waals surface area contributed by atoms with E-state index in [9.17, 15) is 19.2 Å². The third-order valence-corrected chi connectivity index (χ3v) is 8.14. The van der Waals surface area contributed by atoms with E-state index < -0.39 is 12.1 Å². The highest BCUT2D eigenvalue weighted by Gasteiger charge is 2.45. The zero-order valence-corrected chi connectivity index (χ0v) is 24.8. The zero-order valence-electron chi connectivity index (χ0n) is 24.8. The summed E-state index contributed by atoms with van der Waals surface area (Å²) in [6, 6.07) is -0.430. The second-order valence-corrected chi connectivity index (χ2v) is 14.1. The van der Waals surface area contributed by atoms with Crippen LogP contribution in [0.4, 0.5) is 9.59 Å². The lowest BCUT2D eigenvalue weighted by Gasteiger charge is -2.48. The van der Waals surface area contributed by atoms with Crippen molar-refractivity contribution in [2.24, 2.45) is 21.7 Å². The van der Waals surface area contributed by atoms with Crippen LogP contribution in [0.5, 0.6) is 0 Å². The number of hydrogen-bond donors (Lipinski definition) is 3. The predicted octanol–water partition coefficient (Wildman–Crippen LogP) is 4.99. The molecule has 5 amide bonds. The van der Waals surface area contributed by atoms with Crippen molar-refractivity contribution in [3.8, 4) is 0 Å². The fourth-order valence-corrected chi connectivity index (χ4v) is 7.53. The van der Waals surface area contributed by atoms with Gasteiger partial charge in [-0.15, -0.1) is 0 Å². The number of ether oxygens (including phenoxy) is 1. The second kappa shape index (κ2) is 13.2. The van der Waals surface area contributed by atoms with Gasteiger partial charge in [0.15, 0.2) is 0 Å². The maximum absolute atomic E-state index is 13.6. The Hall–Kier alpha value is -2.32. The monoisotopic (exact) mass is 536 g/mol. The van der Waals surface area contributed by atoms with Gasteiger partial charge in [-0.1, -0.05) is 61.3 Å². The maximum Gasteiger partial charge on any atom is 0.417 e. The number of carbonyl (C=O) groups is 4. The third-order valence-electron chi connectivity index (χ3n) is 8.14. The second-order valence-electron chi connectivity index (χ2n) is 14.1. The first-order valence-corrected chi connectivity index (χ1v) is 14.3. The van der Waals surface area contributed by atoms with Gasteiger partial charge in [0.2, 0.25) is 12.8 Å². The van der Waals surface area contributed by atoms with Crippen LogP contribution in [-0.2, 0) is 14.3 Å². The summed E-state index contributed by atoms with van der Waals surface area (Å²) in [5.74, 6) is 0. The van der Waals surface area contributed by atoms with Gasteiger partial charge in [0.05, 0.1) is 6.61 Å². The number of nitrogens with one attached hydrogen (secondary N) is 3. The molecule has 4 atom stereocenters. The quantitative estimate of drug-likeness (QED) is 0.240. The number of imide groups is 1. The topological polar surface area (TPSA) is 117 Å². The minimum atomic E-state index is -0.627. The van der Waals surface area contributed by atoms with E-state index in [1.807, 2.05) is 0 Å². The number of amides is 5. The van der Waals surface area contributed by atoms with Gasteiger partial charge >= 0.3 is 12.1 Å². The van der Waals surface area contributed by atoms with E-state index in [-0.39, 0.29) is 46.9 Å². The first-order valence-electron chi connectivity index (χ1n) is 14.3. The highest BCUT2D eigenvalue weighted by Crippen LogP contribution is 2.47. The molecule has 0 saturated heterocycles. The van der Waals surface area contributed by atoms with E-state index >= 15 is 0 Å². The number of carbonyl (C=O) groups excluding carboxylic acids is 4. The average Bonchev–Trinajstić information content (AvgIpc) is 2.76. The molecule has 2 aliphatic carbocycles. The molecule has 3 N–H and O–H groups in total. The van der Waals surface area contributed by atoms with Crippen LogP contribution in [0.1, 0.15) is 106 Å². The highest BCUT2D eigenvalue weighted by atomic mass is 16.6. The fourth-order valence-electron chi connectivity index (χ4n) is 7.53. The van der Waals surface area contributed by atoms with E-state index in [0.717, 1.165) is 64.2 Å². The first-order chi connectivity index (χ1) is 17.7. The van der Waals surface area contributed by atoms with Crippen molar-refractivity contribution < 1.29 is 23.9 Å². The van der Waals surface area contributed by atoms with E-state index in [2.05, 4.69) is 64.4 Å². The smallest absolute Gasteiger partial charge is 0.417 e. The van der Waals surface area contributed by atoms with Gasteiger partial charge in [-0.3, -0.25) is 9.59 Å². The fraction of sp³-hybridized carbons (Fsp3) is 0.862. The van der Waals surface area contributed by atoms with Crippen molar-refractivity contribution in [3.63, 3.8) is 0 Å². The minimum Gasteiger partial charge on any atom is -0.449 e. The summed E-state index contributed by atoms with van der Waals surface area (Å²) < 4.78 is 5.54. The normalized spacial score (nSPS) is 30.0. The van der Waals surface area contributed by atoms with Crippen molar-refractivity contribution >= 4 is 24.9 Å². The SMILES string of the molecule is CCCCCOC(=O)N(CC1(C)CC(NC=O)CC(C)(C)C1)C(=O)NCC1(C)CC(NC=O)CC(C)(C)C1. The molecule has 9 nitrogen and oxygen atoms in total. The van der Waals surface area contributed by atoms with E-state index in [1.165, 1.54) is 4.90 Å². The Labute approximate surface area is 229 Å². The number of rotatable bonds is 12. The molecule has 0 aromatic rings. The molecular formula is C29H52N4O5. The van der Waals surface area contributed by atoms with Crippen molar-refractivity contribution in [2.75, 3.05) is 19.7 Å². The van der Waals surface area contributed by atoms with Crippen LogP contribution < -0.4 is 16.0 Å². The Morgan fingerprint density at radius 3 is 1.89 bits per heavy atom. The Kier molecular flexibility index (Phi) is 11.0. The molecular weight excluding hydrogens is 484 g/mol. The largest absolute Gasteiger partial charge is 0.449 e. The predicted molar refractivity (Wildman–Crippen MR) is 148 cm³/mol. The standard InChI is InChI=1S/C29H52N4O5/c1-8-9-10-11-38-25(37)33(19-29(7)15-23(32-21-35)13-27(4,5)17-29)24(36)30-18-28(6)14-22(31-20-34)12-26(2,3)16-28/h20-23H,8-19H2,1-7H3,(H,30,36)(H,31,34)(H,32,35).